The van der Waals surface area contributed by atoms with E-state index in [0.717, 1.165) is 0 Å². The Morgan fingerprint density at radius 1 is 1.19 bits per heavy atom. The fourth-order valence-electron chi connectivity index (χ4n) is 3.02. The van der Waals surface area contributed by atoms with Gasteiger partial charge in [0, 0.05) is 16.7 Å². The Morgan fingerprint density at radius 3 is 2.52 bits per heavy atom. The van der Waals surface area contributed by atoms with Crippen molar-refractivity contribution >= 4 is 21.4 Å². The van der Waals surface area contributed by atoms with Crippen LogP contribution in [0.3, 0.4) is 0 Å². The molecule has 0 unspecified atom stereocenters. The van der Waals surface area contributed by atoms with Crippen molar-refractivity contribution < 1.29 is 22.3 Å². The van der Waals surface area contributed by atoms with Crippen LogP contribution in [0.1, 0.15) is 28.4 Å². The molecule has 1 aliphatic heterocycles. The van der Waals surface area contributed by atoms with Crippen molar-refractivity contribution in [2.45, 2.75) is 25.7 Å². The highest BCUT2D eigenvalue weighted by Crippen LogP contribution is 2.31. The van der Waals surface area contributed by atoms with E-state index >= 15 is 0 Å². The summed E-state index contributed by atoms with van der Waals surface area (Å²) in [6.45, 7) is 6.05. The van der Waals surface area contributed by atoms with Gasteiger partial charge in [0.15, 0.2) is 9.84 Å². The summed E-state index contributed by atoms with van der Waals surface area (Å²) in [6, 6.07) is 8.74. The molecule has 1 aliphatic rings. The summed E-state index contributed by atoms with van der Waals surface area (Å²) < 4.78 is 44.1. The fourth-order valence-corrected chi connectivity index (χ4v) is 4.87. The molecular formula is C20H22FNO4S. The lowest BCUT2D eigenvalue weighted by Crippen LogP contribution is -2.45. The van der Waals surface area contributed by atoms with Crippen molar-refractivity contribution in [2.24, 2.45) is 5.41 Å². The molecule has 0 aliphatic carbocycles. The summed E-state index contributed by atoms with van der Waals surface area (Å²) in [4.78, 5) is 12.7. The zero-order valence-electron chi connectivity index (χ0n) is 15.5. The Labute approximate surface area is 158 Å². The molecule has 2 aromatic rings. The smallest absolute Gasteiger partial charge is 0.255 e. The summed E-state index contributed by atoms with van der Waals surface area (Å²) in [5, 5.41) is 2.72. The van der Waals surface area contributed by atoms with Crippen LogP contribution in [0.5, 0.6) is 0 Å². The zero-order valence-corrected chi connectivity index (χ0v) is 16.3. The van der Waals surface area contributed by atoms with Crippen molar-refractivity contribution in [1.29, 1.82) is 0 Å². The third kappa shape index (κ3) is 4.04. The first-order valence-corrected chi connectivity index (χ1v) is 10.2. The fraction of sp³-hybridized carbons (Fsp3) is 0.350. The molecule has 0 radical (unpaired) electrons. The number of nitrogens with one attached hydrogen (secondary N) is 1. The number of benzene rings is 2. The number of amides is 1. The van der Waals surface area contributed by atoms with Crippen molar-refractivity contribution in [3.63, 3.8) is 0 Å². The quantitative estimate of drug-likeness (QED) is 0.847. The van der Waals surface area contributed by atoms with Gasteiger partial charge in [-0.05, 0) is 55.3 Å². The SMILES string of the molecule is Cc1c(F)ccc(NC(=O)c2cccc(S(=O)(=O)CC3(C)COC3)c2)c1C. The Bertz CT molecular complexity index is 997. The van der Waals surface area contributed by atoms with Crippen LogP contribution in [-0.2, 0) is 14.6 Å². The van der Waals surface area contributed by atoms with Gasteiger partial charge >= 0.3 is 0 Å². The van der Waals surface area contributed by atoms with Gasteiger partial charge in [0.2, 0.25) is 0 Å². The van der Waals surface area contributed by atoms with Crippen LogP contribution in [0.15, 0.2) is 41.3 Å². The van der Waals surface area contributed by atoms with E-state index in [0.29, 0.717) is 30.0 Å². The van der Waals surface area contributed by atoms with Crippen LogP contribution in [-0.4, -0.2) is 33.3 Å². The van der Waals surface area contributed by atoms with Gasteiger partial charge < -0.3 is 10.1 Å². The molecule has 2 aromatic carbocycles. The molecule has 144 valence electrons. The number of anilines is 1. The first kappa shape index (κ1) is 19.5. The molecule has 3 rings (SSSR count). The molecule has 0 bridgehead atoms. The largest absolute Gasteiger partial charge is 0.380 e. The molecule has 1 heterocycles. The lowest BCUT2D eigenvalue weighted by molar-refractivity contribution is -0.0870. The minimum atomic E-state index is -3.54. The second-order valence-electron chi connectivity index (χ2n) is 7.39. The van der Waals surface area contributed by atoms with Gasteiger partial charge in [-0.15, -0.1) is 0 Å². The molecule has 1 amide bonds. The van der Waals surface area contributed by atoms with E-state index < -0.39 is 15.7 Å². The molecule has 27 heavy (non-hydrogen) atoms. The molecule has 1 N–H and O–H groups in total. The minimum absolute atomic E-state index is 0.0265. The van der Waals surface area contributed by atoms with Crippen LogP contribution in [0.4, 0.5) is 10.1 Å². The standard InChI is InChI=1S/C20H22FNO4S/c1-13-14(2)18(8-7-17(13)21)22-19(23)15-5-4-6-16(9-15)27(24,25)12-20(3)10-26-11-20/h4-9H,10-12H2,1-3H3,(H,22,23). The molecule has 5 nitrogen and oxygen atoms in total. The summed E-state index contributed by atoms with van der Waals surface area (Å²) in [7, 11) is -3.54. The molecule has 1 saturated heterocycles. The summed E-state index contributed by atoms with van der Waals surface area (Å²) in [5.74, 6) is -0.812. The van der Waals surface area contributed by atoms with E-state index in [2.05, 4.69) is 5.32 Å². The highest BCUT2D eigenvalue weighted by atomic mass is 32.2. The lowest BCUT2D eigenvalue weighted by atomic mass is 9.92. The Kier molecular flexibility index (Phi) is 5.10. The number of halogens is 1. The summed E-state index contributed by atoms with van der Waals surface area (Å²) >= 11 is 0. The molecule has 0 atom stereocenters. The van der Waals surface area contributed by atoms with E-state index in [1.807, 2.05) is 6.92 Å². The predicted octanol–water partition coefficient (Wildman–Crippen LogP) is 3.51. The van der Waals surface area contributed by atoms with Crippen molar-refractivity contribution in [1.82, 2.24) is 0 Å². The molecule has 0 spiro atoms. The Hall–Kier alpha value is -2.25. The summed E-state index contributed by atoms with van der Waals surface area (Å²) in [5.41, 5.74) is 1.42. The van der Waals surface area contributed by atoms with Gasteiger partial charge in [-0.25, -0.2) is 12.8 Å². The zero-order chi connectivity index (χ0) is 19.8. The van der Waals surface area contributed by atoms with Crippen LogP contribution in [0.25, 0.3) is 0 Å². The van der Waals surface area contributed by atoms with Gasteiger partial charge in [-0.2, -0.15) is 0 Å². The molecule has 0 saturated carbocycles. The number of rotatable bonds is 5. The monoisotopic (exact) mass is 391 g/mol. The predicted molar refractivity (Wildman–Crippen MR) is 101 cm³/mol. The third-order valence-electron chi connectivity index (χ3n) is 4.86. The van der Waals surface area contributed by atoms with Gasteiger partial charge in [0.25, 0.3) is 5.91 Å². The van der Waals surface area contributed by atoms with Gasteiger partial charge in [-0.3, -0.25) is 4.79 Å². The van der Waals surface area contributed by atoms with E-state index in [9.17, 15) is 17.6 Å². The van der Waals surface area contributed by atoms with E-state index in [-0.39, 0.29) is 27.4 Å². The van der Waals surface area contributed by atoms with Crippen LogP contribution in [0.2, 0.25) is 0 Å². The number of hydrogen-bond acceptors (Lipinski definition) is 4. The molecule has 0 aromatic heterocycles. The first-order chi connectivity index (χ1) is 12.6. The van der Waals surface area contributed by atoms with Gasteiger partial charge in [0.05, 0.1) is 23.9 Å². The van der Waals surface area contributed by atoms with Crippen molar-refractivity contribution in [3.8, 4) is 0 Å². The average Bonchev–Trinajstić information content (AvgIpc) is 2.60. The Morgan fingerprint density at radius 2 is 1.89 bits per heavy atom. The number of carbonyl (C=O) groups is 1. The maximum Gasteiger partial charge on any atom is 0.255 e. The maximum atomic E-state index is 13.6. The number of ether oxygens (including phenoxy) is 1. The van der Waals surface area contributed by atoms with Gasteiger partial charge in [-0.1, -0.05) is 13.0 Å². The van der Waals surface area contributed by atoms with Crippen molar-refractivity contribution in [3.05, 3.63) is 58.9 Å². The molecule has 7 heteroatoms. The Balaban J connectivity index is 1.83. The normalized spacial score (nSPS) is 15.9. The third-order valence-corrected chi connectivity index (χ3v) is 6.91. The van der Waals surface area contributed by atoms with E-state index in [1.165, 1.54) is 24.3 Å². The highest BCUT2D eigenvalue weighted by molar-refractivity contribution is 7.91. The van der Waals surface area contributed by atoms with Crippen LogP contribution < -0.4 is 5.32 Å². The summed E-state index contributed by atoms with van der Waals surface area (Å²) in [6.07, 6.45) is 0. The molecule has 1 fully saturated rings. The van der Waals surface area contributed by atoms with Gasteiger partial charge in [0.1, 0.15) is 5.82 Å². The number of carbonyl (C=O) groups excluding carboxylic acids is 1. The van der Waals surface area contributed by atoms with Crippen LogP contribution >= 0.6 is 0 Å². The highest BCUT2D eigenvalue weighted by Gasteiger charge is 2.38. The minimum Gasteiger partial charge on any atom is -0.380 e. The first-order valence-electron chi connectivity index (χ1n) is 8.59. The van der Waals surface area contributed by atoms with E-state index in [1.54, 1.807) is 26.0 Å². The molecular weight excluding hydrogens is 369 g/mol. The van der Waals surface area contributed by atoms with Crippen molar-refractivity contribution in [2.75, 3.05) is 24.3 Å². The second-order valence-corrected chi connectivity index (χ2v) is 9.38. The van der Waals surface area contributed by atoms with E-state index in [4.69, 9.17) is 4.74 Å². The maximum absolute atomic E-state index is 13.6. The second kappa shape index (κ2) is 7.05. The topological polar surface area (TPSA) is 72.5 Å². The lowest BCUT2D eigenvalue weighted by Gasteiger charge is -2.37. The van der Waals surface area contributed by atoms with Crippen LogP contribution in [0, 0.1) is 25.1 Å². The average molecular weight is 391 g/mol. The number of sulfone groups is 1. The number of hydrogen-bond donors (Lipinski definition) is 1.